The largest absolute Gasteiger partial charge is 0.369 e. The van der Waals surface area contributed by atoms with Crippen LogP contribution in [0.15, 0.2) is 11.1 Å². The molecule has 0 fully saturated rings. The summed E-state index contributed by atoms with van der Waals surface area (Å²) < 4.78 is 1.78. The number of nitrogens with one attached hydrogen (secondary N) is 2. The lowest BCUT2D eigenvalue weighted by Crippen LogP contribution is -2.46. The van der Waals surface area contributed by atoms with Crippen LogP contribution in [-0.4, -0.2) is 29.5 Å². The predicted octanol–water partition coefficient (Wildman–Crippen LogP) is 1.90. The molecule has 0 bridgehead atoms. The first-order valence-corrected chi connectivity index (χ1v) is 7.76. The van der Waals surface area contributed by atoms with Gasteiger partial charge in [0, 0.05) is 25.8 Å². The number of carbonyl (C=O) groups excluding carboxylic acids is 1. The molecule has 0 saturated carbocycles. The molecule has 4 N–H and O–H groups in total. The van der Waals surface area contributed by atoms with E-state index in [0.717, 1.165) is 5.69 Å². The van der Waals surface area contributed by atoms with Crippen LogP contribution in [0.4, 0.5) is 0 Å². The summed E-state index contributed by atoms with van der Waals surface area (Å²) >= 11 is 12.0. The number of nitrogens with two attached hydrogens (primary N) is 1. The van der Waals surface area contributed by atoms with Gasteiger partial charge >= 0.3 is 0 Å². The minimum atomic E-state index is -0.659. The van der Waals surface area contributed by atoms with Crippen molar-refractivity contribution in [2.45, 2.75) is 27.3 Å². The number of guanidine groups is 1. The monoisotopic (exact) mass is 347 g/mol. The zero-order chi connectivity index (χ0) is 16.9. The van der Waals surface area contributed by atoms with Crippen molar-refractivity contribution in [3.63, 3.8) is 0 Å². The van der Waals surface area contributed by atoms with Crippen molar-refractivity contribution in [1.82, 2.24) is 15.2 Å². The van der Waals surface area contributed by atoms with Crippen molar-refractivity contribution in [2.75, 3.05) is 13.1 Å². The number of primary amides is 1. The number of rotatable bonds is 6. The standard InChI is InChI=1S/C14H23Cl2N5O/c1-5-18-13(20-8-14(2,3)12(17)22)19-7-9-6-10(15)11(16)21(9)4/h6H,5,7-8H2,1-4H3,(H2,17,22)(H2,18,19,20). The van der Waals surface area contributed by atoms with Crippen LogP contribution >= 0.6 is 23.2 Å². The van der Waals surface area contributed by atoms with Crippen molar-refractivity contribution in [3.05, 3.63) is 21.9 Å². The molecule has 8 heteroatoms. The van der Waals surface area contributed by atoms with Gasteiger partial charge in [0.2, 0.25) is 5.91 Å². The lowest BCUT2D eigenvalue weighted by Gasteiger charge is -2.22. The molecule has 22 heavy (non-hydrogen) atoms. The number of amides is 1. The number of halogens is 2. The van der Waals surface area contributed by atoms with Gasteiger partial charge in [-0.2, -0.15) is 0 Å². The Morgan fingerprint density at radius 1 is 1.41 bits per heavy atom. The van der Waals surface area contributed by atoms with Crippen LogP contribution < -0.4 is 16.4 Å². The highest BCUT2D eigenvalue weighted by atomic mass is 35.5. The average Bonchev–Trinajstić information content (AvgIpc) is 2.69. The Hall–Kier alpha value is -1.40. The van der Waals surface area contributed by atoms with Crippen LogP contribution in [0.2, 0.25) is 10.2 Å². The number of hydrogen-bond donors (Lipinski definition) is 3. The zero-order valence-corrected chi connectivity index (χ0v) is 14.8. The first-order valence-electron chi connectivity index (χ1n) is 7.00. The molecule has 0 aliphatic heterocycles. The van der Waals surface area contributed by atoms with Gasteiger partial charge in [-0.1, -0.05) is 23.2 Å². The van der Waals surface area contributed by atoms with E-state index in [0.29, 0.717) is 35.8 Å². The van der Waals surface area contributed by atoms with E-state index in [9.17, 15) is 4.79 Å². The minimum Gasteiger partial charge on any atom is -0.369 e. The second kappa shape index (κ2) is 7.74. The van der Waals surface area contributed by atoms with Crippen LogP contribution in [-0.2, 0) is 18.4 Å². The van der Waals surface area contributed by atoms with Crippen LogP contribution in [0.25, 0.3) is 0 Å². The van der Waals surface area contributed by atoms with Crippen LogP contribution in [0, 0.1) is 5.41 Å². The molecule has 0 unspecified atom stereocenters. The third-order valence-electron chi connectivity index (χ3n) is 3.32. The number of nitrogens with zero attached hydrogens (tertiary/aromatic N) is 2. The summed E-state index contributed by atoms with van der Waals surface area (Å²) in [5.74, 6) is 0.238. The highest BCUT2D eigenvalue weighted by Gasteiger charge is 2.24. The Morgan fingerprint density at radius 3 is 2.50 bits per heavy atom. The molecule has 1 rings (SSSR count). The van der Waals surface area contributed by atoms with E-state index in [4.69, 9.17) is 28.9 Å². The number of hydrogen-bond acceptors (Lipinski definition) is 2. The van der Waals surface area contributed by atoms with Gasteiger partial charge in [0.25, 0.3) is 0 Å². The second-order valence-corrected chi connectivity index (χ2v) is 6.40. The van der Waals surface area contributed by atoms with Gasteiger partial charge in [-0.25, -0.2) is 4.99 Å². The molecule has 0 radical (unpaired) electrons. The van der Waals surface area contributed by atoms with E-state index in [1.54, 1.807) is 24.5 Å². The molecule has 0 saturated heterocycles. The smallest absolute Gasteiger partial charge is 0.224 e. The first kappa shape index (κ1) is 18.6. The SMILES string of the molecule is CCNC(=NCc1cc(Cl)c(Cl)n1C)NCC(C)(C)C(N)=O. The van der Waals surface area contributed by atoms with E-state index in [1.165, 1.54) is 0 Å². The zero-order valence-electron chi connectivity index (χ0n) is 13.3. The molecule has 0 aliphatic rings. The van der Waals surface area contributed by atoms with Crippen molar-refractivity contribution in [2.24, 2.45) is 23.2 Å². The molecule has 1 heterocycles. The summed E-state index contributed by atoms with van der Waals surface area (Å²) in [6.07, 6.45) is 0. The summed E-state index contributed by atoms with van der Waals surface area (Å²) in [4.78, 5) is 15.8. The highest BCUT2D eigenvalue weighted by molar-refractivity contribution is 6.41. The maximum atomic E-state index is 11.3. The summed E-state index contributed by atoms with van der Waals surface area (Å²) in [5.41, 5.74) is 5.59. The fraction of sp³-hybridized carbons (Fsp3) is 0.571. The van der Waals surface area contributed by atoms with Crippen molar-refractivity contribution < 1.29 is 4.79 Å². The third-order valence-corrected chi connectivity index (χ3v) is 4.17. The average molecular weight is 348 g/mol. The Morgan fingerprint density at radius 2 is 2.05 bits per heavy atom. The fourth-order valence-corrected chi connectivity index (χ4v) is 2.05. The molecule has 0 spiro atoms. The molecule has 0 aromatic carbocycles. The van der Waals surface area contributed by atoms with Crippen molar-refractivity contribution >= 4 is 35.1 Å². The van der Waals surface area contributed by atoms with Gasteiger partial charge in [-0.3, -0.25) is 4.79 Å². The molecule has 6 nitrogen and oxygen atoms in total. The molecule has 1 aromatic rings. The van der Waals surface area contributed by atoms with Crippen LogP contribution in [0.3, 0.4) is 0 Å². The fourth-order valence-electron chi connectivity index (χ4n) is 1.63. The molecule has 1 amide bonds. The molecular weight excluding hydrogens is 325 g/mol. The molecular formula is C14H23Cl2N5O. The van der Waals surface area contributed by atoms with Gasteiger partial charge < -0.3 is 20.9 Å². The molecule has 0 aliphatic carbocycles. The predicted molar refractivity (Wildman–Crippen MR) is 91.2 cm³/mol. The number of aliphatic imine (C=N–C) groups is 1. The topological polar surface area (TPSA) is 84.4 Å². The summed E-state index contributed by atoms with van der Waals surface area (Å²) in [6, 6.07) is 1.78. The van der Waals surface area contributed by atoms with E-state index >= 15 is 0 Å². The van der Waals surface area contributed by atoms with Gasteiger partial charge in [-0.05, 0) is 26.8 Å². The normalized spacial score (nSPS) is 12.4. The Bertz CT molecular complexity index is 566. The van der Waals surface area contributed by atoms with E-state index in [-0.39, 0.29) is 5.91 Å². The minimum absolute atomic E-state index is 0.364. The Labute approximate surface area is 141 Å². The van der Waals surface area contributed by atoms with E-state index in [2.05, 4.69) is 15.6 Å². The number of aromatic nitrogens is 1. The lowest BCUT2D eigenvalue weighted by atomic mass is 9.93. The second-order valence-electron chi connectivity index (χ2n) is 5.63. The van der Waals surface area contributed by atoms with Crippen LogP contribution in [0.1, 0.15) is 26.5 Å². The maximum absolute atomic E-state index is 11.3. The van der Waals surface area contributed by atoms with Gasteiger partial charge in [0.15, 0.2) is 5.96 Å². The first-order chi connectivity index (χ1) is 10.2. The van der Waals surface area contributed by atoms with Crippen LogP contribution in [0.5, 0.6) is 0 Å². The molecule has 0 atom stereocenters. The lowest BCUT2D eigenvalue weighted by molar-refractivity contribution is -0.125. The number of carbonyl (C=O) groups is 1. The van der Waals surface area contributed by atoms with E-state index in [1.807, 2.05) is 14.0 Å². The summed E-state index contributed by atoms with van der Waals surface area (Å²) in [6.45, 7) is 7.04. The van der Waals surface area contributed by atoms with E-state index < -0.39 is 5.41 Å². The molecule has 1 aromatic heterocycles. The quantitative estimate of drug-likeness (QED) is 0.542. The molecule has 124 valence electrons. The Balaban J connectivity index is 2.77. The summed E-state index contributed by atoms with van der Waals surface area (Å²) in [5, 5.41) is 7.22. The summed E-state index contributed by atoms with van der Waals surface area (Å²) in [7, 11) is 1.83. The van der Waals surface area contributed by atoms with Crippen molar-refractivity contribution in [1.29, 1.82) is 0 Å². The van der Waals surface area contributed by atoms with Gasteiger partial charge in [0.05, 0.1) is 17.0 Å². The highest BCUT2D eigenvalue weighted by Crippen LogP contribution is 2.25. The Kier molecular flexibility index (Phi) is 6.56. The van der Waals surface area contributed by atoms with Gasteiger partial charge in [-0.15, -0.1) is 0 Å². The maximum Gasteiger partial charge on any atom is 0.224 e. The van der Waals surface area contributed by atoms with Crippen molar-refractivity contribution in [3.8, 4) is 0 Å². The third kappa shape index (κ3) is 4.81. The van der Waals surface area contributed by atoms with Gasteiger partial charge in [0.1, 0.15) is 5.15 Å².